The van der Waals surface area contributed by atoms with Gasteiger partial charge in [-0.1, -0.05) is 13.3 Å². The number of nitrogens with zero attached hydrogens (tertiary/aromatic N) is 2. The lowest BCUT2D eigenvalue weighted by atomic mass is 10.4. The zero-order chi connectivity index (χ0) is 9.68. The molecule has 0 atom stereocenters. The lowest BCUT2D eigenvalue weighted by molar-refractivity contribution is 0.0957. The van der Waals surface area contributed by atoms with Crippen molar-refractivity contribution in [2.45, 2.75) is 26.7 Å². The van der Waals surface area contributed by atoms with Gasteiger partial charge < -0.3 is 4.84 Å². The Labute approximate surface area is 77.1 Å². The van der Waals surface area contributed by atoms with Gasteiger partial charge in [0.25, 0.3) is 0 Å². The van der Waals surface area contributed by atoms with Crippen LogP contribution in [-0.4, -0.2) is 16.3 Å². The highest BCUT2D eigenvalue weighted by Gasteiger charge is 1.96. The van der Waals surface area contributed by atoms with Crippen molar-refractivity contribution in [2.24, 2.45) is 0 Å². The minimum atomic E-state index is -0.360. The summed E-state index contributed by atoms with van der Waals surface area (Å²) in [6, 6.07) is 0. The summed E-state index contributed by atoms with van der Waals surface area (Å²) in [5.41, 5.74) is 0.554. The van der Waals surface area contributed by atoms with Crippen molar-refractivity contribution in [3.63, 3.8) is 0 Å². The van der Waals surface area contributed by atoms with Gasteiger partial charge in [0.2, 0.25) is 0 Å². The fourth-order valence-electron chi connectivity index (χ4n) is 0.887. The highest BCUT2D eigenvalue weighted by atomic mass is 16.7. The molecule has 0 amide bonds. The van der Waals surface area contributed by atoms with E-state index in [-0.39, 0.29) is 5.69 Å². The van der Waals surface area contributed by atoms with Crippen LogP contribution in [0.1, 0.15) is 25.3 Å². The van der Waals surface area contributed by atoms with Gasteiger partial charge in [0.1, 0.15) is 6.61 Å². The van der Waals surface area contributed by atoms with Crippen LogP contribution in [0.2, 0.25) is 0 Å². The van der Waals surface area contributed by atoms with Gasteiger partial charge in [0.15, 0.2) is 0 Å². The first-order valence-corrected chi connectivity index (χ1v) is 4.42. The smallest absolute Gasteiger partial charge is 0.380 e. The first-order chi connectivity index (χ1) is 6.24. The van der Waals surface area contributed by atoms with Gasteiger partial charge in [-0.15, -0.1) is 4.73 Å². The molecule has 1 aromatic heterocycles. The van der Waals surface area contributed by atoms with E-state index < -0.39 is 0 Å². The molecule has 0 aromatic carbocycles. The van der Waals surface area contributed by atoms with Crippen LogP contribution >= 0.6 is 0 Å². The number of aryl methyl sites for hydroxylation is 1. The van der Waals surface area contributed by atoms with E-state index in [2.05, 4.69) is 11.9 Å². The third kappa shape index (κ3) is 2.89. The van der Waals surface area contributed by atoms with Crippen molar-refractivity contribution in [3.8, 4) is 0 Å². The Morgan fingerprint density at radius 1 is 1.62 bits per heavy atom. The van der Waals surface area contributed by atoms with E-state index in [1.54, 1.807) is 6.20 Å². The normalized spacial score (nSPS) is 10.0. The zero-order valence-corrected chi connectivity index (χ0v) is 7.99. The lowest BCUT2D eigenvalue weighted by Crippen LogP contribution is -2.29. The van der Waals surface area contributed by atoms with E-state index in [1.165, 1.54) is 10.9 Å². The topological polar surface area (TPSA) is 44.1 Å². The zero-order valence-electron chi connectivity index (χ0n) is 7.99. The van der Waals surface area contributed by atoms with Crippen LogP contribution in [-0.2, 0) is 0 Å². The Bertz CT molecular complexity index is 320. The predicted octanol–water partition coefficient (Wildman–Crippen LogP) is 0.780. The molecule has 0 fully saturated rings. The molecule has 1 heterocycles. The van der Waals surface area contributed by atoms with Crippen molar-refractivity contribution in [1.29, 1.82) is 0 Å². The fraction of sp³-hybridized carbons (Fsp3) is 0.556. The monoisotopic (exact) mass is 182 g/mol. The molecule has 4 heteroatoms. The van der Waals surface area contributed by atoms with Crippen LogP contribution in [0.25, 0.3) is 0 Å². The van der Waals surface area contributed by atoms with Gasteiger partial charge in [-0.3, -0.25) is 0 Å². The second-order valence-corrected chi connectivity index (χ2v) is 2.93. The van der Waals surface area contributed by atoms with Crippen LogP contribution in [0.5, 0.6) is 0 Å². The molecular weight excluding hydrogens is 168 g/mol. The molecule has 4 nitrogen and oxygen atoms in total. The highest BCUT2D eigenvalue weighted by Crippen LogP contribution is 1.89. The van der Waals surface area contributed by atoms with Crippen LogP contribution in [0, 0.1) is 6.92 Å². The van der Waals surface area contributed by atoms with Gasteiger partial charge >= 0.3 is 5.69 Å². The van der Waals surface area contributed by atoms with E-state index in [9.17, 15) is 4.79 Å². The van der Waals surface area contributed by atoms with Crippen molar-refractivity contribution in [1.82, 2.24) is 9.71 Å². The van der Waals surface area contributed by atoms with E-state index in [0.717, 1.165) is 18.4 Å². The average Bonchev–Trinajstić information content (AvgIpc) is 2.11. The second kappa shape index (κ2) is 4.64. The summed E-state index contributed by atoms with van der Waals surface area (Å²) in [4.78, 5) is 19.9. The van der Waals surface area contributed by atoms with Crippen molar-refractivity contribution in [2.75, 3.05) is 6.61 Å². The Balaban J connectivity index is 2.65. The average molecular weight is 182 g/mol. The molecule has 1 aromatic rings. The maximum Gasteiger partial charge on any atom is 0.380 e. The molecule has 0 aliphatic rings. The van der Waals surface area contributed by atoms with Gasteiger partial charge in [-0.25, -0.2) is 4.79 Å². The number of hydrogen-bond acceptors (Lipinski definition) is 3. The summed E-state index contributed by atoms with van der Waals surface area (Å²) in [6.45, 7) is 4.49. The molecular formula is C9H14N2O2. The van der Waals surface area contributed by atoms with Crippen LogP contribution in [0.4, 0.5) is 0 Å². The molecule has 0 N–H and O–H groups in total. The summed E-state index contributed by atoms with van der Waals surface area (Å²) in [5, 5.41) is 0. The SMILES string of the molecule is CCCCOn1cc(C)cnc1=O. The van der Waals surface area contributed by atoms with Crippen molar-refractivity contribution < 1.29 is 4.84 Å². The standard InChI is InChI=1S/C9H14N2O2/c1-3-4-5-13-11-7-8(2)6-10-9(11)12/h6-7H,3-5H2,1-2H3. The Morgan fingerprint density at radius 2 is 2.38 bits per heavy atom. The molecule has 1 rings (SSSR count). The first kappa shape index (κ1) is 9.77. The highest BCUT2D eigenvalue weighted by molar-refractivity contribution is 4.98. The van der Waals surface area contributed by atoms with Crippen molar-refractivity contribution in [3.05, 3.63) is 28.4 Å². The van der Waals surface area contributed by atoms with Gasteiger partial charge in [0, 0.05) is 6.20 Å². The maximum atomic E-state index is 11.1. The van der Waals surface area contributed by atoms with Crippen molar-refractivity contribution >= 4 is 0 Å². The number of rotatable bonds is 4. The minimum Gasteiger partial charge on any atom is -0.410 e. The van der Waals surface area contributed by atoms with E-state index >= 15 is 0 Å². The molecule has 0 radical (unpaired) electrons. The minimum absolute atomic E-state index is 0.360. The van der Waals surface area contributed by atoms with Gasteiger partial charge in [0.05, 0.1) is 6.20 Å². The molecule has 0 saturated heterocycles. The van der Waals surface area contributed by atoms with Gasteiger partial charge in [-0.2, -0.15) is 4.98 Å². The van der Waals surface area contributed by atoms with E-state index in [0.29, 0.717) is 6.61 Å². The molecule has 0 saturated carbocycles. The fourth-order valence-corrected chi connectivity index (χ4v) is 0.887. The largest absolute Gasteiger partial charge is 0.410 e. The van der Waals surface area contributed by atoms with E-state index in [1.807, 2.05) is 6.92 Å². The molecule has 0 aliphatic carbocycles. The summed E-state index contributed by atoms with van der Waals surface area (Å²) in [6.07, 6.45) is 5.17. The lowest BCUT2D eigenvalue weighted by Gasteiger charge is -2.06. The Kier molecular flexibility index (Phi) is 3.49. The van der Waals surface area contributed by atoms with Crippen LogP contribution in [0.3, 0.4) is 0 Å². The third-order valence-corrected chi connectivity index (χ3v) is 1.62. The Hall–Kier alpha value is -1.32. The molecule has 0 bridgehead atoms. The Morgan fingerprint density at radius 3 is 3.08 bits per heavy atom. The maximum absolute atomic E-state index is 11.1. The summed E-state index contributed by atoms with van der Waals surface area (Å²) >= 11 is 0. The first-order valence-electron chi connectivity index (χ1n) is 4.42. The number of hydrogen-bond donors (Lipinski definition) is 0. The molecule has 0 aliphatic heterocycles. The van der Waals surface area contributed by atoms with Crippen LogP contribution in [0.15, 0.2) is 17.2 Å². The quantitative estimate of drug-likeness (QED) is 0.646. The second-order valence-electron chi connectivity index (χ2n) is 2.93. The molecule has 0 spiro atoms. The van der Waals surface area contributed by atoms with Crippen LogP contribution < -0.4 is 10.5 Å². The van der Waals surface area contributed by atoms with E-state index in [4.69, 9.17) is 4.84 Å². The molecule has 0 unspecified atom stereocenters. The third-order valence-electron chi connectivity index (χ3n) is 1.62. The number of aromatic nitrogens is 2. The molecule has 72 valence electrons. The summed E-state index contributed by atoms with van der Waals surface area (Å²) < 4.78 is 1.19. The summed E-state index contributed by atoms with van der Waals surface area (Å²) in [7, 11) is 0. The number of unbranched alkanes of at least 4 members (excludes halogenated alkanes) is 1. The van der Waals surface area contributed by atoms with Gasteiger partial charge in [-0.05, 0) is 18.9 Å². The molecule has 13 heavy (non-hydrogen) atoms. The predicted molar refractivity (Wildman–Crippen MR) is 49.6 cm³/mol. The summed E-state index contributed by atoms with van der Waals surface area (Å²) in [5.74, 6) is 0.